The molecule has 16 heavy (non-hydrogen) atoms. The van der Waals surface area contributed by atoms with Gasteiger partial charge in [0.2, 0.25) is 0 Å². The van der Waals surface area contributed by atoms with E-state index < -0.39 is 5.97 Å². The fourth-order valence-electron chi connectivity index (χ4n) is 1.72. The van der Waals surface area contributed by atoms with Crippen LogP contribution in [0.2, 0.25) is 0 Å². The summed E-state index contributed by atoms with van der Waals surface area (Å²) >= 11 is 0. The first-order chi connectivity index (χ1) is 7.59. The minimum absolute atomic E-state index is 0.339. The number of carbonyl (C=O) groups is 1. The molecule has 0 radical (unpaired) electrons. The summed E-state index contributed by atoms with van der Waals surface area (Å²) in [4.78, 5) is 10.9. The van der Waals surface area contributed by atoms with Crippen LogP contribution in [0.1, 0.15) is 15.9 Å². The quantitative estimate of drug-likeness (QED) is 0.836. The molecule has 0 aliphatic heterocycles. The molecule has 0 aliphatic carbocycles. The maximum Gasteiger partial charge on any atom is 0.335 e. The monoisotopic (exact) mass is 216 g/mol. The number of rotatable bonds is 2. The standard InChI is InChI=1S/C12H12N2O2/c1-8-7-9(3-4-10(8)12(15)16)11-5-6-13-14(11)2/h3-7H,1-2H3,(H,15,16). The van der Waals surface area contributed by atoms with E-state index in [1.54, 1.807) is 29.9 Å². The van der Waals surface area contributed by atoms with Crippen LogP contribution in [0, 0.1) is 6.92 Å². The molecule has 1 N–H and O–H groups in total. The number of hydrogen-bond acceptors (Lipinski definition) is 2. The third kappa shape index (κ3) is 1.69. The molecular formula is C12H12N2O2. The Morgan fingerprint density at radius 3 is 2.62 bits per heavy atom. The molecule has 4 heteroatoms. The van der Waals surface area contributed by atoms with E-state index in [0.29, 0.717) is 5.56 Å². The van der Waals surface area contributed by atoms with Crippen LogP contribution < -0.4 is 0 Å². The molecule has 0 spiro atoms. The van der Waals surface area contributed by atoms with Crippen molar-refractivity contribution in [2.24, 2.45) is 7.05 Å². The molecule has 4 nitrogen and oxygen atoms in total. The molecule has 1 aromatic heterocycles. The maximum atomic E-state index is 10.9. The number of aromatic carboxylic acids is 1. The zero-order chi connectivity index (χ0) is 11.7. The number of aromatic nitrogens is 2. The van der Waals surface area contributed by atoms with Crippen molar-refractivity contribution in [1.29, 1.82) is 0 Å². The molecular weight excluding hydrogens is 204 g/mol. The Balaban J connectivity index is 2.50. The number of hydrogen-bond donors (Lipinski definition) is 1. The highest BCUT2D eigenvalue weighted by atomic mass is 16.4. The highest BCUT2D eigenvalue weighted by molar-refractivity contribution is 5.90. The van der Waals surface area contributed by atoms with E-state index >= 15 is 0 Å². The molecule has 1 heterocycles. The number of aryl methyl sites for hydroxylation is 2. The first kappa shape index (κ1) is 10.4. The van der Waals surface area contributed by atoms with Gasteiger partial charge in [-0.2, -0.15) is 5.10 Å². The molecule has 82 valence electrons. The van der Waals surface area contributed by atoms with Gasteiger partial charge in [-0.25, -0.2) is 4.79 Å². The van der Waals surface area contributed by atoms with E-state index in [1.807, 2.05) is 19.2 Å². The zero-order valence-electron chi connectivity index (χ0n) is 9.14. The lowest BCUT2D eigenvalue weighted by molar-refractivity contribution is 0.0696. The second-order valence-corrected chi connectivity index (χ2v) is 3.67. The van der Waals surface area contributed by atoms with Gasteiger partial charge in [0.25, 0.3) is 0 Å². The smallest absolute Gasteiger partial charge is 0.335 e. The minimum atomic E-state index is -0.894. The van der Waals surface area contributed by atoms with Crippen molar-refractivity contribution >= 4 is 5.97 Å². The molecule has 0 saturated carbocycles. The summed E-state index contributed by atoms with van der Waals surface area (Å²) in [5, 5.41) is 13.0. The van der Waals surface area contributed by atoms with Crippen molar-refractivity contribution in [2.45, 2.75) is 6.92 Å². The van der Waals surface area contributed by atoms with Crippen LogP contribution in [-0.2, 0) is 7.05 Å². The van der Waals surface area contributed by atoms with E-state index in [4.69, 9.17) is 5.11 Å². The predicted molar refractivity (Wildman–Crippen MR) is 60.3 cm³/mol. The first-order valence-corrected chi connectivity index (χ1v) is 4.92. The number of benzene rings is 1. The topological polar surface area (TPSA) is 55.1 Å². The predicted octanol–water partition coefficient (Wildman–Crippen LogP) is 2.09. The average Bonchev–Trinajstić information content (AvgIpc) is 2.63. The van der Waals surface area contributed by atoms with Gasteiger partial charge in [-0.05, 0) is 30.7 Å². The van der Waals surface area contributed by atoms with Crippen molar-refractivity contribution < 1.29 is 9.90 Å². The molecule has 2 rings (SSSR count). The van der Waals surface area contributed by atoms with E-state index in [9.17, 15) is 4.79 Å². The van der Waals surface area contributed by atoms with Crippen LogP contribution in [0.3, 0.4) is 0 Å². The zero-order valence-corrected chi connectivity index (χ0v) is 9.14. The van der Waals surface area contributed by atoms with Crippen molar-refractivity contribution in [2.75, 3.05) is 0 Å². The lowest BCUT2D eigenvalue weighted by Gasteiger charge is -2.05. The SMILES string of the molecule is Cc1cc(-c2ccnn2C)ccc1C(=O)O. The third-order valence-corrected chi connectivity index (χ3v) is 2.57. The van der Waals surface area contributed by atoms with Crippen molar-refractivity contribution in [3.63, 3.8) is 0 Å². The van der Waals surface area contributed by atoms with Crippen molar-refractivity contribution in [3.05, 3.63) is 41.6 Å². The van der Waals surface area contributed by atoms with Gasteiger partial charge >= 0.3 is 5.97 Å². The highest BCUT2D eigenvalue weighted by Crippen LogP contribution is 2.21. The van der Waals surface area contributed by atoms with Crippen LogP contribution in [-0.4, -0.2) is 20.9 Å². The lowest BCUT2D eigenvalue weighted by atomic mass is 10.0. The summed E-state index contributed by atoms with van der Waals surface area (Å²) < 4.78 is 1.76. The number of nitrogens with zero attached hydrogens (tertiary/aromatic N) is 2. The third-order valence-electron chi connectivity index (χ3n) is 2.57. The van der Waals surface area contributed by atoms with Gasteiger partial charge in [-0.15, -0.1) is 0 Å². The van der Waals surface area contributed by atoms with Gasteiger partial charge in [-0.1, -0.05) is 6.07 Å². The van der Waals surface area contributed by atoms with Crippen molar-refractivity contribution in [1.82, 2.24) is 9.78 Å². The fraction of sp³-hybridized carbons (Fsp3) is 0.167. The lowest BCUT2D eigenvalue weighted by Crippen LogP contribution is -2.00. The molecule has 1 aromatic carbocycles. The van der Waals surface area contributed by atoms with Gasteiger partial charge in [0, 0.05) is 18.8 Å². The van der Waals surface area contributed by atoms with E-state index in [-0.39, 0.29) is 0 Å². The molecule has 0 atom stereocenters. The summed E-state index contributed by atoms with van der Waals surface area (Å²) in [5.41, 5.74) is 3.04. The number of carboxylic acids is 1. The van der Waals surface area contributed by atoms with Gasteiger partial charge in [0.05, 0.1) is 11.3 Å². The average molecular weight is 216 g/mol. The van der Waals surface area contributed by atoms with Crippen LogP contribution in [0.4, 0.5) is 0 Å². The largest absolute Gasteiger partial charge is 0.478 e. The molecule has 2 aromatic rings. The summed E-state index contributed by atoms with van der Waals surface area (Å²) in [6, 6.07) is 7.18. The molecule has 0 fully saturated rings. The normalized spacial score (nSPS) is 10.4. The second-order valence-electron chi connectivity index (χ2n) is 3.67. The maximum absolute atomic E-state index is 10.9. The summed E-state index contributed by atoms with van der Waals surface area (Å²) in [6.45, 7) is 1.79. The molecule has 0 aliphatic rings. The Labute approximate surface area is 93.1 Å². The van der Waals surface area contributed by atoms with Crippen LogP contribution >= 0.6 is 0 Å². The first-order valence-electron chi connectivity index (χ1n) is 4.92. The minimum Gasteiger partial charge on any atom is -0.478 e. The fourth-order valence-corrected chi connectivity index (χ4v) is 1.72. The molecule has 0 unspecified atom stereocenters. The Hall–Kier alpha value is -2.10. The Bertz CT molecular complexity index is 544. The molecule has 0 saturated heterocycles. The highest BCUT2D eigenvalue weighted by Gasteiger charge is 2.09. The summed E-state index contributed by atoms with van der Waals surface area (Å²) in [5.74, 6) is -0.894. The van der Waals surface area contributed by atoms with E-state index in [1.165, 1.54) is 0 Å². The summed E-state index contributed by atoms with van der Waals surface area (Å²) in [7, 11) is 1.86. The summed E-state index contributed by atoms with van der Waals surface area (Å²) in [6.07, 6.45) is 1.72. The van der Waals surface area contributed by atoms with Gasteiger partial charge in [0.1, 0.15) is 0 Å². The van der Waals surface area contributed by atoms with Gasteiger partial charge in [-0.3, -0.25) is 4.68 Å². The Kier molecular flexibility index (Phi) is 2.48. The van der Waals surface area contributed by atoms with E-state index in [0.717, 1.165) is 16.8 Å². The van der Waals surface area contributed by atoms with Gasteiger partial charge in [0.15, 0.2) is 0 Å². The molecule has 0 bridgehead atoms. The van der Waals surface area contributed by atoms with Crippen LogP contribution in [0.25, 0.3) is 11.3 Å². The Morgan fingerprint density at radius 1 is 1.38 bits per heavy atom. The second kappa shape index (κ2) is 3.81. The van der Waals surface area contributed by atoms with Gasteiger partial charge < -0.3 is 5.11 Å². The Morgan fingerprint density at radius 2 is 2.12 bits per heavy atom. The van der Waals surface area contributed by atoms with E-state index in [2.05, 4.69) is 5.10 Å². The van der Waals surface area contributed by atoms with Crippen LogP contribution in [0.5, 0.6) is 0 Å². The van der Waals surface area contributed by atoms with Crippen molar-refractivity contribution in [3.8, 4) is 11.3 Å². The molecule has 0 amide bonds. The number of carboxylic acid groups (broad SMARTS) is 1. The van der Waals surface area contributed by atoms with Crippen LogP contribution in [0.15, 0.2) is 30.5 Å².